The Morgan fingerprint density at radius 2 is 2.24 bits per heavy atom. The number of hydrogen-bond donors (Lipinski definition) is 3. The van der Waals surface area contributed by atoms with Crippen LogP contribution < -0.4 is 11.1 Å². The largest absolute Gasteiger partial charge is 0.399 e. The molecule has 0 aliphatic rings. The Morgan fingerprint density at radius 1 is 1.47 bits per heavy atom. The number of nitrogen functional groups attached to an aromatic ring is 1. The van der Waals surface area contributed by atoms with E-state index in [0.29, 0.717) is 11.5 Å². The second-order valence-electron chi connectivity index (χ2n) is 3.63. The van der Waals surface area contributed by atoms with Gasteiger partial charge in [0.1, 0.15) is 5.82 Å². The number of hydrogen-bond acceptors (Lipinski definition) is 3. The van der Waals surface area contributed by atoms with Crippen molar-refractivity contribution in [3.8, 4) is 0 Å². The van der Waals surface area contributed by atoms with Crippen molar-refractivity contribution in [2.45, 2.75) is 6.92 Å². The number of nitrogens with zero attached hydrogens (tertiary/aromatic N) is 1. The van der Waals surface area contributed by atoms with Crippen LogP contribution in [0.25, 0.3) is 0 Å². The van der Waals surface area contributed by atoms with Gasteiger partial charge in [-0.3, -0.25) is 9.89 Å². The fraction of sp³-hybridized carbons (Fsp3) is 0.0909. The van der Waals surface area contributed by atoms with Gasteiger partial charge in [0.15, 0.2) is 5.82 Å². The number of carbonyl (C=O) groups excluding carboxylic acids is 1. The number of anilines is 2. The van der Waals surface area contributed by atoms with Gasteiger partial charge in [-0.1, -0.05) is 0 Å². The minimum absolute atomic E-state index is 0.106. The Morgan fingerprint density at radius 3 is 2.88 bits per heavy atom. The van der Waals surface area contributed by atoms with Crippen LogP contribution in [0, 0.1) is 12.7 Å². The molecule has 0 saturated heterocycles. The average molecular weight is 234 g/mol. The van der Waals surface area contributed by atoms with Crippen molar-refractivity contribution >= 4 is 17.4 Å². The summed E-state index contributed by atoms with van der Waals surface area (Å²) in [5.74, 6) is -0.861. The van der Waals surface area contributed by atoms with Crippen molar-refractivity contribution in [1.82, 2.24) is 10.2 Å². The number of nitrogens with one attached hydrogen (secondary N) is 2. The van der Waals surface area contributed by atoms with E-state index in [0.717, 1.165) is 11.8 Å². The molecular formula is C11H11FN4O. The highest BCUT2D eigenvalue weighted by molar-refractivity contribution is 6.04. The van der Waals surface area contributed by atoms with Crippen LogP contribution in [0.5, 0.6) is 0 Å². The average Bonchev–Trinajstić information content (AvgIpc) is 2.67. The molecule has 5 nitrogen and oxygen atoms in total. The highest BCUT2D eigenvalue weighted by Gasteiger charge is 2.13. The summed E-state index contributed by atoms with van der Waals surface area (Å²) in [5, 5.41) is 8.96. The van der Waals surface area contributed by atoms with E-state index in [1.807, 2.05) is 0 Å². The highest BCUT2D eigenvalue weighted by atomic mass is 19.1. The maximum atomic E-state index is 13.4. The number of halogens is 1. The van der Waals surface area contributed by atoms with Gasteiger partial charge >= 0.3 is 0 Å². The SMILES string of the molecule is Cc1cc(NC(=O)c2cc(N)ccc2F)n[nH]1. The highest BCUT2D eigenvalue weighted by Crippen LogP contribution is 2.14. The minimum atomic E-state index is -0.621. The Balaban J connectivity index is 2.22. The first-order valence-corrected chi connectivity index (χ1v) is 4.94. The third-order valence-electron chi connectivity index (χ3n) is 2.18. The van der Waals surface area contributed by atoms with Crippen LogP contribution in [-0.4, -0.2) is 16.1 Å². The van der Waals surface area contributed by atoms with Crippen molar-refractivity contribution in [3.05, 3.63) is 41.3 Å². The molecule has 0 saturated carbocycles. The molecule has 2 rings (SSSR count). The Bertz CT molecular complexity index is 564. The predicted molar refractivity (Wildman–Crippen MR) is 62.1 cm³/mol. The lowest BCUT2D eigenvalue weighted by Crippen LogP contribution is -2.14. The van der Waals surface area contributed by atoms with Crippen molar-refractivity contribution in [2.24, 2.45) is 0 Å². The van der Waals surface area contributed by atoms with Gasteiger partial charge in [-0.15, -0.1) is 0 Å². The van der Waals surface area contributed by atoms with Crippen LogP contribution in [0.15, 0.2) is 24.3 Å². The normalized spacial score (nSPS) is 10.2. The number of aromatic amines is 1. The topological polar surface area (TPSA) is 83.8 Å². The molecule has 1 heterocycles. The molecule has 17 heavy (non-hydrogen) atoms. The zero-order valence-electron chi connectivity index (χ0n) is 9.12. The molecule has 1 amide bonds. The summed E-state index contributed by atoms with van der Waals surface area (Å²) in [5.41, 5.74) is 6.52. The second-order valence-corrected chi connectivity index (χ2v) is 3.63. The fourth-order valence-electron chi connectivity index (χ4n) is 1.38. The first kappa shape index (κ1) is 11.1. The molecular weight excluding hydrogens is 223 g/mol. The van der Waals surface area contributed by atoms with E-state index in [9.17, 15) is 9.18 Å². The zero-order valence-corrected chi connectivity index (χ0v) is 9.12. The number of aryl methyl sites for hydroxylation is 1. The van der Waals surface area contributed by atoms with E-state index < -0.39 is 11.7 Å². The summed E-state index contributed by atoms with van der Waals surface area (Å²) in [7, 11) is 0. The molecule has 0 fully saturated rings. The van der Waals surface area contributed by atoms with Crippen molar-refractivity contribution in [1.29, 1.82) is 0 Å². The summed E-state index contributed by atoms with van der Waals surface area (Å²) in [4.78, 5) is 11.7. The van der Waals surface area contributed by atoms with Crippen molar-refractivity contribution in [3.63, 3.8) is 0 Å². The molecule has 0 unspecified atom stereocenters. The van der Waals surface area contributed by atoms with Crippen LogP contribution in [-0.2, 0) is 0 Å². The van der Waals surface area contributed by atoms with Gasteiger partial charge in [-0.2, -0.15) is 5.10 Å². The van der Waals surface area contributed by atoms with Crippen LogP contribution in [0.1, 0.15) is 16.1 Å². The number of aromatic nitrogens is 2. The molecule has 1 aromatic carbocycles. The number of nitrogens with two attached hydrogens (primary N) is 1. The third kappa shape index (κ3) is 2.41. The molecule has 6 heteroatoms. The first-order valence-electron chi connectivity index (χ1n) is 4.94. The van der Waals surface area contributed by atoms with Gasteiger partial charge in [-0.05, 0) is 25.1 Å². The van der Waals surface area contributed by atoms with Gasteiger partial charge < -0.3 is 11.1 Å². The lowest BCUT2D eigenvalue weighted by molar-refractivity contribution is 0.102. The van der Waals surface area contributed by atoms with Crippen molar-refractivity contribution < 1.29 is 9.18 Å². The first-order chi connectivity index (χ1) is 8.06. The molecule has 4 N–H and O–H groups in total. The predicted octanol–water partition coefficient (Wildman–Crippen LogP) is 1.69. The summed E-state index contributed by atoms with van der Waals surface area (Å²) < 4.78 is 13.4. The van der Waals surface area contributed by atoms with Gasteiger partial charge in [-0.25, -0.2) is 4.39 Å². The fourth-order valence-corrected chi connectivity index (χ4v) is 1.38. The van der Waals surface area contributed by atoms with E-state index in [-0.39, 0.29) is 5.56 Å². The quantitative estimate of drug-likeness (QED) is 0.691. The Hall–Kier alpha value is -2.37. The van der Waals surface area contributed by atoms with Crippen LogP contribution in [0.2, 0.25) is 0 Å². The van der Waals surface area contributed by atoms with Crippen LogP contribution >= 0.6 is 0 Å². The number of benzene rings is 1. The van der Waals surface area contributed by atoms with E-state index in [1.165, 1.54) is 12.1 Å². The number of rotatable bonds is 2. The molecule has 2 aromatic rings. The summed E-state index contributed by atoms with van der Waals surface area (Å²) in [6.07, 6.45) is 0. The number of amides is 1. The summed E-state index contributed by atoms with van der Waals surface area (Å²) >= 11 is 0. The standard InChI is InChI=1S/C11H11FN4O/c1-6-4-10(16-15-6)14-11(17)8-5-7(13)2-3-9(8)12/h2-5H,13H2,1H3,(H2,14,15,16,17). The van der Waals surface area contributed by atoms with Crippen LogP contribution in [0.3, 0.4) is 0 Å². The second kappa shape index (κ2) is 4.25. The molecule has 0 atom stereocenters. The maximum absolute atomic E-state index is 13.4. The number of H-pyrrole nitrogens is 1. The lowest BCUT2D eigenvalue weighted by atomic mass is 10.2. The third-order valence-corrected chi connectivity index (χ3v) is 2.18. The van der Waals surface area contributed by atoms with E-state index in [2.05, 4.69) is 15.5 Å². The van der Waals surface area contributed by atoms with E-state index in [4.69, 9.17) is 5.73 Å². The van der Waals surface area contributed by atoms with E-state index >= 15 is 0 Å². The summed E-state index contributed by atoms with van der Waals surface area (Å²) in [6.45, 7) is 1.80. The van der Waals surface area contributed by atoms with Crippen molar-refractivity contribution in [2.75, 3.05) is 11.1 Å². The minimum Gasteiger partial charge on any atom is -0.399 e. The molecule has 0 aliphatic carbocycles. The maximum Gasteiger partial charge on any atom is 0.259 e. The molecule has 0 aliphatic heterocycles. The Labute approximate surface area is 96.8 Å². The van der Waals surface area contributed by atoms with Gasteiger partial charge in [0.05, 0.1) is 5.56 Å². The van der Waals surface area contributed by atoms with Gasteiger partial charge in [0.25, 0.3) is 5.91 Å². The lowest BCUT2D eigenvalue weighted by Gasteiger charge is -2.04. The van der Waals surface area contributed by atoms with E-state index in [1.54, 1.807) is 13.0 Å². The molecule has 0 bridgehead atoms. The zero-order chi connectivity index (χ0) is 12.4. The van der Waals surface area contributed by atoms with Gasteiger partial charge in [0.2, 0.25) is 0 Å². The number of carbonyl (C=O) groups is 1. The Kier molecular flexibility index (Phi) is 2.78. The summed E-state index contributed by atoms with van der Waals surface area (Å²) in [6, 6.07) is 5.47. The smallest absolute Gasteiger partial charge is 0.259 e. The molecule has 0 radical (unpaired) electrons. The molecule has 1 aromatic heterocycles. The van der Waals surface area contributed by atoms with Gasteiger partial charge in [0, 0.05) is 17.4 Å². The molecule has 0 spiro atoms. The monoisotopic (exact) mass is 234 g/mol. The van der Waals surface area contributed by atoms with Crippen LogP contribution in [0.4, 0.5) is 15.9 Å². The molecule has 88 valence electrons.